The van der Waals surface area contributed by atoms with Crippen molar-refractivity contribution in [3.8, 4) is 0 Å². The number of hydrogen-bond acceptors (Lipinski definition) is 2. The van der Waals surface area contributed by atoms with Gasteiger partial charge in [0.2, 0.25) is 11.8 Å². The molecule has 1 aromatic heterocycles. The maximum Gasteiger partial charge on any atom is 0.240 e. The van der Waals surface area contributed by atoms with Crippen molar-refractivity contribution in [1.29, 1.82) is 0 Å². The van der Waals surface area contributed by atoms with E-state index in [0.717, 1.165) is 22.2 Å². The third-order valence-corrected chi connectivity index (χ3v) is 3.68. The highest BCUT2D eigenvalue weighted by Gasteiger charge is 2.19. The monoisotopic (exact) mass is 315 g/mol. The minimum Gasteiger partial charge on any atom is -0.358 e. The zero-order chi connectivity index (χ0) is 17.2. The molecule has 0 fully saturated rings. The summed E-state index contributed by atoms with van der Waals surface area (Å²) < 4.78 is 0. The molecule has 0 spiro atoms. The van der Waals surface area contributed by atoms with Gasteiger partial charge in [-0.1, -0.05) is 18.2 Å². The van der Waals surface area contributed by atoms with Crippen LogP contribution in [0.2, 0.25) is 0 Å². The van der Waals surface area contributed by atoms with Gasteiger partial charge >= 0.3 is 0 Å². The van der Waals surface area contributed by atoms with Gasteiger partial charge in [0, 0.05) is 29.2 Å². The Morgan fingerprint density at radius 3 is 2.52 bits per heavy atom. The molecule has 2 amide bonds. The van der Waals surface area contributed by atoms with E-state index in [1.54, 1.807) is 7.05 Å². The van der Waals surface area contributed by atoms with E-state index in [2.05, 4.69) is 10.3 Å². The largest absolute Gasteiger partial charge is 0.358 e. The van der Waals surface area contributed by atoms with Crippen LogP contribution in [0.25, 0.3) is 10.9 Å². The van der Waals surface area contributed by atoms with Crippen LogP contribution in [0.5, 0.6) is 0 Å². The fraction of sp³-hybridized carbons (Fsp3) is 0.444. The molecule has 0 saturated carbocycles. The van der Waals surface area contributed by atoms with E-state index in [-0.39, 0.29) is 30.3 Å². The maximum absolute atomic E-state index is 12.4. The van der Waals surface area contributed by atoms with Crippen LogP contribution in [0.4, 0.5) is 0 Å². The summed E-state index contributed by atoms with van der Waals surface area (Å²) in [7, 11) is 1.66. The summed E-state index contributed by atoms with van der Waals surface area (Å²) in [5.74, 6) is -0.217. The maximum atomic E-state index is 12.4. The first-order valence-electron chi connectivity index (χ1n) is 7.78. The molecule has 2 rings (SSSR count). The number of fused-ring (bicyclic) bond motifs is 1. The number of carbonyl (C=O) groups is 2. The summed E-state index contributed by atoms with van der Waals surface area (Å²) in [5.41, 5.74) is 2.72. The number of aromatic nitrogens is 1. The summed E-state index contributed by atoms with van der Waals surface area (Å²) >= 11 is 0. The Bertz CT molecular complexity index is 725. The summed E-state index contributed by atoms with van der Waals surface area (Å²) in [6, 6.07) is 7.93. The summed E-state index contributed by atoms with van der Waals surface area (Å²) in [4.78, 5) is 29.2. The number of benzene rings is 1. The number of rotatable bonds is 4. The first kappa shape index (κ1) is 17.1. The van der Waals surface area contributed by atoms with Crippen LogP contribution >= 0.6 is 0 Å². The number of para-hydroxylation sites is 1. The molecule has 124 valence electrons. The van der Waals surface area contributed by atoms with Gasteiger partial charge in [-0.2, -0.15) is 0 Å². The number of aryl methyl sites for hydroxylation is 1. The highest BCUT2D eigenvalue weighted by atomic mass is 16.2. The second-order valence-corrected chi connectivity index (χ2v) is 7.00. The molecule has 0 aliphatic heterocycles. The fourth-order valence-corrected chi connectivity index (χ4v) is 2.61. The van der Waals surface area contributed by atoms with E-state index in [0.29, 0.717) is 0 Å². The van der Waals surface area contributed by atoms with Crippen molar-refractivity contribution in [2.45, 2.75) is 39.7 Å². The lowest BCUT2D eigenvalue weighted by atomic mass is 10.1. The minimum atomic E-state index is -0.297. The second kappa shape index (κ2) is 6.44. The van der Waals surface area contributed by atoms with E-state index in [9.17, 15) is 9.59 Å². The molecule has 2 aromatic rings. The predicted octanol–water partition coefficient (Wildman–Crippen LogP) is 2.39. The van der Waals surface area contributed by atoms with Gasteiger partial charge in [-0.25, -0.2) is 0 Å². The van der Waals surface area contributed by atoms with Crippen molar-refractivity contribution in [2.75, 3.05) is 13.6 Å². The van der Waals surface area contributed by atoms with Gasteiger partial charge in [0.05, 0.1) is 13.0 Å². The van der Waals surface area contributed by atoms with Crippen molar-refractivity contribution in [3.05, 3.63) is 35.5 Å². The van der Waals surface area contributed by atoms with E-state index in [1.807, 2.05) is 52.0 Å². The number of likely N-dealkylation sites (N-methyl/N-ethyl adjacent to an activating group) is 1. The topological polar surface area (TPSA) is 65.2 Å². The summed E-state index contributed by atoms with van der Waals surface area (Å²) in [6.07, 6.45) is 0.287. The summed E-state index contributed by atoms with van der Waals surface area (Å²) in [6.45, 7) is 7.79. The molecule has 0 aliphatic rings. The van der Waals surface area contributed by atoms with Crippen molar-refractivity contribution in [3.63, 3.8) is 0 Å². The first-order valence-corrected chi connectivity index (χ1v) is 7.78. The third-order valence-electron chi connectivity index (χ3n) is 3.68. The predicted molar refractivity (Wildman–Crippen MR) is 92.3 cm³/mol. The Morgan fingerprint density at radius 2 is 1.87 bits per heavy atom. The number of amides is 2. The van der Waals surface area contributed by atoms with E-state index < -0.39 is 0 Å². The normalized spacial score (nSPS) is 11.5. The van der Waals surface area contributed by atoms with Crippen molar-refractivity contribution in [1.82, 2.24) is 15.2 Å². The molecule has 0 bridgehead atoms. The van der Waals surface area contributed by atoms with Crippen molar-refractivity contribution in [2.24, 2.45) is 0 Å². The Hall–Kier alpha value is -2.30. The molecule has 1 aromatic carbocycles. The van der Waals surface area contributed by atoms with Crippen LogP contribution in [0, 0.1) is 6.92 Å². The highest BCUT2D eigenvalue weighted by molar-refractivity contribution is 5.91. The Labute approximate surface area is 137 Å². The van der Waals surface area contributed by atoms with Crippen molar-refractivity contribution >= 4 is 22.7 Å². The standard InChI is InChI=1S/C18H25N3O2/c1-12-14(13-8-6-7-9-15(13)19-12)10-17(23)21(5)11-16(22)20-18(2,3)4/h6-9,19H,10-11H2,1-5H3,(H,20,22). The van der Waals surface area contributed by atoms with Crippen molar-refractivity contribution < 1.29 is 9.59 Å². The molecule has 0 aliphatic carbocycles. The molecule has 0 unspecified atom stereocenters. The molecule has 5 heteroatoms. The lowest BCUT2D eigenvalue weighted by Gasteiger charge is -2.23. The lowest BCUT2D eigenvalue weighted by Crippen LogP contribution is -2.46. The molecule has 0 atom stereocenters. The number of hydrogen-bond donors (Lipinski definition) is 2. The van der Waals surface area contributed by atoms with Gasteiger partial charge in [-0.05, 0) is 39.3 Å². The van der Waals surface area contributed by atoms with E-state index in [4.69, 9.17) is 0 Å². The number of H-pyrrole nitrogens is 1. The average molecular weight is 315 g/mol. The zero-order valence-electron chi connectivity index (χ0n) is 14.5. The van der Waals surface area contributed by atoms with Gasteiger partial charge in [0.1, 0.15) is 0 Å². The molecule has 23 heavy (non-hydrogen) atoms. The number of carbonyl (C=O) groups excluding carboxylic acids is 2. The first-order chi connectivity index (χ1) is 10.7. The average Bonchev–Trinajstić information content (AvgIpc) is 2.73. The zero-order valence-corrected chi connectivity index (χ0v) is 14.5. The van der Waals surface area contributed by atoms with E-state index >= 15 is 0 Å². The molecule has 0 radical (unpaired) electrons. The quantitative estimate of drug-likeness (QED) is 0.910. The smallest absolute Gasteiger partial charge is 0.240 e. The van der Waals surface area contributed by atoms with Gasteiger partial charge < -0.3 is 15.2 Å². The minimum absolute atomic E-state index is 0.0670. The fourth-order valence-electron chi connectivity index (χ4n) is 2.61. The number of nitrogens with zero attached hydrogens (tertiary/aromatic N) is 1. The molecule has 1 heterocycles. The molecule has 2 N–H and O–H groups in total. The summed E-state index contributed by atoms with van der Waals surface area (Å²) in [5, 5.41) is 3.93. The highest BCUT2D eigenvalue weighted by Crippen LogP contribution is 2.22. The van der Waals surface area contributed by atoms with Crippen LogP contribution in [0.1, 0.15) is 32.0 Å². The number of nitrogens with one attached hydrogen (secondary N) is 2. The SMILES string of the molecule is Cc1[nH]c2ccccc2c1CC(=O)N(C)CC(=O)NC(C)(C)C. The van der Waals surface area contributed by atoms with E-state index in [1.165, 1.54) is 4.90 Å². The van der Waals surface area contributed by atoms with Crippen LogP contribution in [0.15, 0.2) is 24.3 Å². The second-order valence-electron chi connectivity index (χ2n) is 7.00. The van der Waals surface area contributed by atoms with Gasteiger partial charge in [0.25, 0.3) is 0 Å². The van der Waals surface area contributed by atoms with Crippen LogP contribution in [-0.2, 0) is 16.0 Å². The Kier molecular flexibility index (Phi) is 4.78. The third kappa shape index (κ3) is 4.34. The Balaban J connectivity index is 2.06. The van der Waals surface area contributed by atoms with Crippen LogP contribution < -0.4 is 5.32 Å². The van der Waals surface area contributed by atoms with Gasteiger partial charge in [-0.3, -0.25) is 9.59 Å². The van der Waals surface area contributed by atoms with Crippen LogP contribution in [0.3, 0.4) is 0 Å². The van der Waals surface area contributed by atoms with Crippen LogP contribution in [-0.4, -0.2) is 40.8 Å². The Morgan fingerprint density at radius 1 is 1.22 bits per heavy atom. The molecule has 0 saturated heterocycles. The molecule has 5 nitrogen and oxygen atoms in total. The lowest BCUT2D eigenvalue weighted by molar-refractivity contribution is -0.134. The van der Waals surface area contributed by atoms with Gasteiger partial charge in [0.15, 0.2) is 0 Å². The number of aromatic amines is 1. The molecular formula is C18H25N3O2. The van der Waals surface area contributed by atoms with Gasteiger partial charge in [-0.15, -0.1) is 0 Å². The molecular weight excluding hydrogens is 290 g/mol.